The van der Waals surface area contributed by atoms with Crippen molar-refractivity contribution in [3.8, 4) is 6.07 Å². The first kappa shape index (κ1) is 23.0. The van der Waals surface area contributed by atoms with Gasteiger partial charge < -0.3 is 15.1 Å². The Hall–Kier alpha value is -1.68. The number of carbonyl (C=O) groups excluding carboxylic acids is 1. The molecule has 1 aliphatic carbocycles. The van der Waals surface area contributed by atoms with Gasteiger partial charge in [0.05, 0.1) is 21.8 Å². The number of amides is 2. The predicted octanol–water partition coefficient (Wildman–Crippen LogP) is 4.23. The molecule has 1 heterocycles. The van der Waals surface area contributed by atoms with Gasteiger partial charge in [0, 0.05) is 39.8 Å². The third-order valence-electron chi connectivity index (χ3n) is 6.32. The Morgan fingerprint density at radius 1 is 1.23 bits per heavy atom. The van der Waals surface area contributed by atoms with Gasteiger partial charge in [0.15, 0.2) is 0 Å². The predicted molar refractivity (Wildman–Crippen MR) is 122 cm³/mol. The summed E-state index contributed by atoms with van der Waals surface area (Å²) in [7, 11) is 3.54. The van der Waals surface area contributed by atoms with E-state index in [1.165, 1.54) is 0 Å². The van der Waals surface area contributed by atoms with E-state index in [4.69, 9.17) is 23.2 Å². The quantitative estimate of drug-likeness (QED) is 0.727. The van der Waals surface area contributed by atoms with Crippen LogP contribution in [0.4, 0.5) is 10.5 Å². The lowest BCUT2D eigenvalue weighted by Gasteiger charge is -2.40. The number of urea groups is 1. The number of hydrogen-bond donors (Lipinski definition) is 1. The van der Waals surface area contributed by atoms with Crippen LogP contribution in [0, 0.1) is 17.2 Å². The number of piperazine rings is 1. The third kappa shape index (κ3) is 5.72. The molecule has 1 saturated heterocycles. The second-order valence-electron chi connectivity index (χ2n) is 8.55. The molecule has 8 heteroatoms. The molecule has 0 bridgehead atoms. The normalized spacial score (nSPS) is 24.9. The maximum atomic E-state index is 11.8. The summed E-state index contributed by atoms with van der Waals surface area (Å²) in [5, 5.41) is 13.9. The maximum Gasteiger partial charge on any atom is 0.317 e. The zero-order valence-electron chi connectivity index (χ0n) is 17.8. The number of benzene rings is 1. The van der Waals surface area contributed by atoms with Gasteiger partial charge in [0.25, 0.3) is 0 Å². The van der Waals surface area contributed by atoms with E-state index < -0.39 is 0 Å². The molecule has 3 rings (SSSR count). The molecule has 0 spiro atoms. The largest absolute Gasteiger partial charge is 0.366 e. The van der Waals surface area contributed by atoms with Crippen LogP contribution in [0.5, 0.6) is 0 Å². The summed E-state index contributed by atoms with van der Waals surface area (Å²) < 4.78 is 0. The molecular weight excluding hydrogens is 421 g/mol. The minimum absolute atomic E-state index is 0.00649. The van der Waals surface area contributed by atoms with Crippen LogP contribution >= 0.6 is 23.2 Å². The second-order valence-corrected chi connectivity index (χ2v) is 9.34. The molecule has 0 aromatic heterocycles. The molecule has 2 amide bonds. The Balaban J connectivity index is 1.46. The monoisotopic (exact) mass is 451 g/mol. The molecule has 30 heavy (non-hydrogen) atoms. The van der Waals surface area contributed by atoms with E-state index in [2.05, 4.69) is 21.2 Å². The van der Waals surface area contributed by atoms with E-state index in [9.17, 15) is 10.1 Å². The van der Waals surface area contributed by atoms with Crippen molar-refractivity contribution in [2.75, 3.05) is 45.2 Å². The highest BCUT2D eigenvalue weighted by atomic mass is 35.5. The number of anilines is 1. The fraction of sp³-hybridized carbons (Fsp3) is 0.636. The Kier molecular flexibility index (Phi) is 8.10. The third-order valence-corrected chi connectivity index (χ3v) is 7.13. The van der Waals surface area contributed by atoms with Gasteiger partial charge in [-0.2, -0.15) is 5.26 Å². The first-order valence-corrected chi connectivity index (χ1v) is 11.4. The van der Waals surface area contributed by atoms with Crippen molar-refractivity contribution in [2.45, 2.75) is 44.2 Å². The Labute approximate surface area is 189 Å². The molecule has 2 fully saturated rings. The highest BCUT2D eigenvalue weighted by molar-refractivity contribution is 6.43. The highest BCUT2D eigenvalue weighted by Crippen LogP contribution is 2.34. The number of carbonyl (C=O) groups is 1. The van der Waals surface area contributed by atoms with Crippen LogP contribution in [0.2, 0.25) is 10.0 Å². The van der Waals surface area contributed by atoms with Crippen molar-refractivity contribution in [1.82, 2.24) is 15.1 Å². The first-order valence-electron chi connectivity index (χ1n) is 10.7. The van der Waals surface area contributed by atoms with Crippen LogP contribution in [0.25, 0.3) is 0 Å². The van der Waals surface area contributed by atoms with Crippen LogP contribution in [-0.4, -0.2) is 68.2 Å². The summed E-state index contributed by atoms with van der Waals surface area (Å²) >= 11 is 12.5. The Morgan fingerprint density at radius 3 is 2.63 bits per heavy atom. The van der Waals surface area contributed by atoms with Crippen molar-refractivity contribution in [1.29, 1.82) is 5.26 Å². The molecule has 2 aliphatic rings. The van der Waals surface area contributed by atoms with Gasteiger partial charge in [0.2, 0.25) is 0 Å². The minimum atomic E-state index is -0.149. The molecule has 0 radical (unpaired) electrons. The van der Waals surface area contributed by atoms with E-state index in [-0.39, 0.29) is 18.1 Å². The minimum Gasteiger partial charge on any atom is -0.366 e. The molecule has 6 nitrogen and oxygen atoms in total. The van der Waals surface area contributed by atoms with Gasteiger partial charge in [0.1, 0.15) is 6.04 Å². The molecule has 1 aromatic rings. The molecule has 1 aliphatic heterocycles. The maximum absolute atomic E-state index is 11.8. The Bertz CT molecular complexity index is 773. The van der Waals surface area contributed by atoms with Crippen molar-refractivity contribution in [2.24, 2.45) is 5.92 Å². The molecule has 1 N–H and O–H groups in total. The van der Waals surface area contributed by atoms with E-state index in [0.29, 0.717) is 22.5 Å². The molecular formula is C22H31Cl2N5O. The number of nitrogens with zero attached hydrogens (tertiary/aromatic N) is 4. The van der Waals surface area contributed by atoms with Crippen molar-refractivity contribution in [3.63, 3.8) is 0 Å². The lowest BCUT2D eigenvalue weighted by Crippen LogP contribution is -2.53. The van der Waals surface area contributed by atoms with Crippen LogP contribution in [0.15, 0.2) is 18.2 Å². The molecule has 0 unspecified atom stereocenters. The second kappa shape index (κ2) is 10.6. The fourth-order valence-electron chi connectivity index (χ4n) is 4.41. The van der Waals surface area contributed by atoms with Gasteiger partial charge in [-0.25, -0.2) is 4.79 Å². The van der Waals surface area contributed by atoms with Gasteiger partial charge in [-0.1, -0.05) is 29.3 Å². The van der Waals surface area contributed by atoms with Crippen LogP contribution < -0.4 is 10.2 Å². The zero-order valence-corrected chi connectivity index (χ0v) is 19.3. The first-order chi connectivity index (χ1) is 14.4. The number of nitriles is 1. The summed E-state index contributed by atoms with van der Waals surface area (Å²) in [6.45, 7) is 3.26. The fourth-order valence-corrected chi connectivity index (χ4v) is 4.83. The average Bonchev–Trinajstić information content (AvgIpc) is 2.75. The molecule has 1 saturated carbocycles. The van der Waals surface area contributed by atoms with E-state index >= 15 is 0 Å². The summed E-state index contributed by atoms with van der Waals surface area (Å²) in [5.74, 6) is 0.664. The van der Waals surface area contributed by atoms with Crippen LogP contribution in [-0.2, 0) is 0 Å². The Morgan fingerprint density at radius 2 is 1.97 bits per heavy atom. The standard InChI is InChI=1S/C22H31Cl2N5O/c1-27(2)22(30)26-17-8-6-16(7-9-17)10-11-28-12-13-29(15-18(28)14-25)20-5-3-4-19(23)21(20)24/h3-5,16-18H,6-13,15H2,1-2H3,(H,26,30)/t16?,17?,18-/m1/s1. The SMILES string of the molecule is CN(C)C(=O)NC1CCC(CCN2CCN(c3cccc(Cl)c3Cl)C[C@H]2C#N)CC1. The number of halogens is 2. The van der Waals surface area contributed by atoms with E-state index in [1.807, 2.05) is 12.1 Å². The van der Waals surface area contributed by atoms with Crippen molar-refractivity contribution in [3.05, 3.63) is 28.2 Å². The number of hydrogen-bond acceptors (Lipinski definition) is 4. The average molecular weight is 452 g/mol. The smallest absolute Gasteiger partial charge is 0.317 e. The van der Waals surface area contributed by atoms with Crippen LogP contribution in [0.3, 0.4) is 0 Å². The van der Waals surface area contributed by atoms with Crippen molar-refractivity contribution >= 4 is 34.9 Å². The molecule has 1 atom stereocenters. The summed E-state index contributed by atoms with van der Waals surface area (Å²) in [5.41, 5.74) is 0.905. The summed E-state index contributed by atoms with van der Waals surface area (Å²) in [6, 6.07) is 8.25. The number of nitrogens with one attached hydrogen (secondary N) is 1. The lowest BCUT2D eigenvalue weighted by molar-refractivity contribution is 0.178. The summed E-state index contributed by atoms with van der Waals surface area (Å²) in [4.78, 5) is 17.9. The number of rotatable bonds is 5. The summed E-state index contributed by atoms with van der Waals surface area (Å²) in [6.07, 6.45) is 5.44. The van der Waals surface area contributed by atoms with Crippen LogP contribution in [0.1, 0.15) is 32.1 Å². The van der Waals surface area contributed by atoms with Crippen molar-refractivity contribution < 1.29 is 4.79 Å². The zero-order chi connectivity index (χ0) is 21.7. The van der Waals surface area contributed by atoms with Gasteiger partial charge in [-0.3, -0.25) is 4.90 Å². The highest BCUT2D eigenvalue weighted by Gasteiger charge is 2.29. The van der Waals surface area contributed by atoms with E-state index in [0.717, 1.165) is 57.4 Å². The van der Waals surface area contributed by atoms with E-state index in [1.54, 1.807) is 25.1 Å². The lowest BCUT2D eigenvalue weighted by atomic mass is 9.84. The van der Waals surface area contributed by atoms with Gasteiger partial charge in [-0.15, -0.1) is 0 Å². The molecule has 1 aromatic carbocycles. The van der Waals surface area contributed by atoms with Gasteiger partial charge in [-0.05, 0) is 56.7 Å². The van der Waals surface area contributed by atoms with Gasteiger partial charge >= 0.3 is 6.03 Å². The molecule has 164 valence electrons. The topological polar surface area (TPSA) is 62.6 Å².